The Balaban J connectivity index is 1.57. The van der Waals surface area contributed by atoms with Gasteiger partial charge in [0.25, 0.3) is 5.91 Å². The minimum atomic E-state index is -1.86. The number of amides is 2. The first-order valence-corrected chi connectivity index (χ1v) is 18.7. The SMILES string of the molecule is CC(C)(C)OC(=O)N1CCC(c2ccc(OCCO[Si](C)(C)C(C)(C)C)cc2)=C(C(=O)N(Cc2cc(F)cc(F)c2)C2CC2)C1. The summed E-state index contributed by atoms with van der Waals surface area (Å²) >= 11 is 0. The average Bonchev–Trinajstić information content (AvgIpc) is 3.77. The second-order valence-electron chi connectivity index (χ2n) is 14.5. The third-order valence-corrected chi connectivity index (χ3v) is 13.1. The van der Waals surface area contributed by atoms with Crippen LogP contribution in [-0.4, -0.2) is 68.1 Å². The summed E-state index contributed by atoms with van der Waals surface area (Å²) in [5, 5.41) is 0.124. The first-order chi connectivity index (χ1) is 20.9. The van der Waals surface area contributed by atoms with Gasteiger partial charge in [-0.15, -0.1) is 0 Å². The van der Waals surface area contributed by atoms with E-state index >= 15 is 0 Å². The summed E-state index contributed by atoms with van der Waals surface area (Å²) in [6.07, 6.45) is 1.59. The van der Waals surface area contributed by atoms with Crippen molar-refractivity contribution in [3.05, 3.63) is 70.8 Å². The molecule has 1 aliphatic heterocycles. The Bertz CT molecular complexity index is 1390. The molecular formula is C35H48F2N2O5Si. The fourth-order valence-corrected chi connectivity index (χ4v) is 6.04. The van der Waals surface area contributed by atoms with E-state index in [2.05, 4.69) is 33.9 Å². The second-order valence-corrected chi connectivity index (χ2v) is 19.3. The van der Waals surface area contributed by atoms with Crippen LogP contribution in [0.1, 0.15) is 71.9 Å². The summed E-state index contributed by atoms with van der Waals surface area (Å²) < 4.78 is 45.8. The van der Waals surface area contributed by atoms with Crippen molar-refractivity contribution in [2.75, 3.05) is 26.3 Å². The highest BCUT2D eigenvalue weighted by Gasteiger charge is 2.38. The summed E-state index contributed by atoms with van der Waals surface area (Å²) in [4.78, 5) is 30.5. The molecule has 246 valence electrons. The average molecular weight is 643 g/mol. The van der Waals surface area contributed by atoms with E-state index in [0.29, 0.717) is 43.1 Å². The van der Waals surface area contributed by atoms with Gasteiger partial charge in [0.15, 0.2) is 8.32 Å². The molecule has 0 atom stereocenters. The molecule has 1 fully saturated rings. The summed E-state index contributed by atoms with van der Waals surface area (Å²) in [5.41, 5.74) is 1.88. The van der Waals surface area contributed by atoms with Gasteiger partial charge in [-0.2, -0.15) is 0 Å². The highest BCUT2D eigenvalue weighted by atomic mass is 28.4. The van der Waals surface area contributed by atoms with E-state index in [4.69, 9.17) is 13.9 Å². The topological polar surface area (TPSA) is 68.3 Å². The van der Waals surface area contributed by atoms with Crippen LogP contribution in [0, 0.1) is 11.6 Å². The maximum atomic E-state index is 14.3. The molecular weight excluding hydrogens is 594 g/mol. The molecule has 0 bridgehead atoms. The number of rotatable bonds is 10. The van der Waals surface area contributed by atoms with Crippen LogP contribution in [0.25, 0.3) is 5.57 Å². The van der Waals surface area contributed by atoms with Gasteiger partial charge in [-0.1, -0.05) is 32.9 Å². The molecule has 1 heterocycles. The Kier molecular flexibility index (Phi) is 10.5. The zero-order valence-electron chi connectivity index (χ0n) is 28.0. The first kappa shape index (κ1) is 34.6. The lowest BCUT2D eigenvalue weighted by atomic mass is 9.92. The predicted molar refractivity (Wildman–Crippen MR) is 174 cm³/mol. The van der Waals surface area contributed by atoms with Crippen LogP contribution in [0.5, 0.6) is 5.75 Å². The summed E-state index contributed by atoms with van der Waals surface area (Å²) in [5.74, 6) is -0.912. The van der Waals surface area contributed by atoms with Crippen molar-refractivity contribution in [2.45, 2.75) is 97.1 Å². The van der Waals surface area contributed by atoms with Gasteiger partial charge < -0.3 is 23.7 Å². The Hall–Kier alpha value is -3.24. The molecule has 0 N–H and O–H groups in total. The monoisotopic (exact) mass is 642 g/mol. The molecule has 7 nitrogen and oxygen atoms in total. The molecule has 1 aliphatic carbocycles. The third-order valence-electron chi connectivity index (χ3n) is 8.60. The van der Waals surface area contributed by atoms with Gasteiger partial charge in [-0.25, -0.2) is 13.6 Å². The number of halogens is 2. The summed E-state index contributed by atoms with van der Waals surface area (Å²) in [7, 11) is -1.86. The quantitative estimate of drug-likeness (QED) is 0.194. The van der Waals surface area contributed by atoms with Crippen molar-refractivity contribution in [3.8, 4) is 5.75 Å². The zero-order valence-corrected chi connectivity index (χ0v) is 29.0. The number of hydrogen-bond donors (Lipinski definition) is 0. The van der Waals surface area contributed by atoms with Crippen LogP contribution in [0.15, 0.2) is 48.0 Å². The number of hydrogen-bond acceptors (Lipinski definition) is 5. The molecule has 10 heteroatoms. The maximum Gasteiger partial charge on any atom is 0.410 e. The first-order valence-electron chi connectivity index (χ1n) is 15.8. The van der Waals surface area contributed by atoms with E-state index in [1.54, 1.807) is 30.6 Å². The lowest BCUT2D eigenvalue weighted by molar-refractivity contribution is -0.128. The van der Waals surface area contributed by atoms with Crippen LogP contribution in [-0.2, 0) is 20.5 Å². The smallest absolute Gasteiger partial charge is 0.410 e. The second kappa shape index (κ2) is 13.6. The molecule has 0 spiro atoms. The fourth-order valence-electron chi connectivity index (χ4n) is 5.01. The Morgan fingerprint density at radius 1 is 0.956 bits per heavy atom. The van der Waals surface area contributed by atoms with E-state index in [-0.39, 0.29) is 30.1 Å². The van der Waals surface area contributed by atoms with Crippen molar-refractivity contribution in [1.29, 1.82) is 0 Å². The number of carbonyl (C=O) groups excluding carboxylic acids is 2. The largest absolute Gasteiger partial charge is 0.491 e. The van der Waals surface area contributed by atoms with Crippen LogP contribution in [0.4, 0.5) is 13.6 Å². The molecule has 0 unspecified atom stereocenters. The highest BCUT2D eigenvalue weighted by molar-refractivity contribution is 6.74. The number of carbonyl (C=O) groups is 2. The Morgan fingerprint density at radius 2 is 1.58 bits per heavy atom. The maximum absolute atomic E-state index is 14.3. The molecule has 2 aromatic rings. The molecule has 2 aromatic carbocycles. The lowest BCUT2D eigenvalue weighted by Crippen LogP contribution is -2.44. The standard InChI is InChI=1S/C35H48F2N2O5Si/c1-34(2,3)44-33(41)38-16-15-30(25-9-13-29(14-10-25)42-17-18-43-45(7,8)35(4,5)6)31(23-38)32(40)39(28-11-12-28)22-24-19-26(36)21-27(37)20-24/h9-10,13-14,19-21,28H,11-12,15-18,22-23H2,1-8H3. The molecule has 0 radical (unpaired) electrons. The number of ether oxygens (including phenoxy) is 2. The van der Waals surface area contributed by atoms with Gasteiger partial charge in [0, 0.05) is 30.8 Å². The normalized spacial score (nSPS) is 16.1. The molecule has 4 rings (SSSR count). The Morgan fingerprint density at radius 3 is 2.13 bits per heavy atom. The zero-order chi connectivity index (χ0) is 33.2. The minimum Gasteiger partial charge on any atom is -0.491 e. The summed E-state index contributed by atoms with van der Waals surface area (Å²) in [6, 6.07) is 10.9. The van der Waals surface area contributed by atoms with Crippen LogP contribution in [0.3, 0.4) is 0 Å². The number of benzene rings is 2. The van der Waals surface area contributed by atoms with Crippen molar-refractivity contribution in [3.63, 3.8) is 0 Å². The van der Waals surface area contributed by atoms with Crippen molar-refractivity contribution >= 4 is 25.9 Å². The van der Waals surface area contributed by atoms with Gasteiger partial charge in [0.2, 0.25) is 0 Å². The van der Waals surface area contributed by atoms with Gasteiger partial charge in [-0.05, 0) is 99.1 Å². The van der Waals surface area contributed by atoms with E-state index in [9.17, 15) is 18.4 Å². The summed E-state index contributed by atoms with van der Waals surface area (Å²) in [6.45, 7) is 17.9. The third kappa shape index (κ3) is 9.39. The molecule has 0 aromatic heterocycles. The highest BCUT2D eigenvalue weighted by Crippen LogP contribution is 2.37. The molecule has 45 heavy (non-hydrogen) atoms. The van der Waals surface area contributed by atoms with E-state index in [1.807, 2.05) is 24.3 Å². The van der Waals surface area contributed by atoms with Gasteiger partial charge in [0.1, 0.15) is 29.6 Å². The van der Waals surface area contributed by atoms with Crippen LogP contribution >= 0.6 is 0 Å². The molecule has 2 aliphatic rings. The number of nitrogens with zero attached hydrogens (tertiary/aromatic N) is 2. The van der Waals surface area contributed by atoms with Crippen molar-refractivity contribution in [1.82, 2.24) is 9.80 Å². The van der Waals surface area contributed by atoms with E-state index < -0.39 is 31.6 Å². The van der Waals surface area contributed by atoms with Crippen LogP contribution in [0.2, 0.25) is 18.1 Å². The molecule has 1 saturated carbocycles. The van der Waals surface area contributed by atoms with E-state index in [1.165, 1.54) is 12.1 Å². The lowest BCUT2D eigenvalue weighted by Gasteiger charge is -2.36. The fraction of sp³-hybridized carbons (Fsp3) is 0.543. The molecule has 0 saturated heterocycles. The van der Waals surface area contributed by atoms with Gasteiger partial charge in [-0.3, -0.25) is 4.79 Å². The van der Waals surface area contributed by atoms with Gasteiger partial charge in [0.05, 0.1) is 13.2 Å². The van der Waals surface area contributed by atoms with E-state index in [0.717, 1.165) is 30.0 Å². The van der Waals surface area contributed by atoms with Crippen molar-refractivity contribution < 1.29 is 32.3 Å². The van der Waals surface area contributed by atoms with Gasteiger partial charge >= 0.3 is 6.09 Å². The minimum absolute atomic E-state index is 0.0289. The predicted octanol–water partition coefficient (Wildman–Crippen LogP) is 7.95. The van der Waals surface area contributed by atoms with Crippen molar-refractivity contribution in [2.24, 2.45) is 0 Å². The Labute approximate surface area is 267 Å². The molecule has 2 amide bonds. The van der Waals surface area contributed by atoms with Crippen LogP contribution < -0.4 is 4.74 Å².